The molecule has 0 amide bonds. The molecule has 1 rings (SSSR count). The van der Waals surface area contributed by atoms with Crippen molar-refractivity contribution >= 4 is 0 Å². The van der Waals surface area contributed by atoms with Crippen molar-refractivity contribution in [2.24, 2.45) is 5.73 Å². The molecule has 0 aliphatic heterocycles. The van der Waals surface area contributed by atoms with Gasteiger partial charge in [0, 0.05) is 12.1 Å². The quantitative estimate of drug-likeness (QED) is 0.608. The van der Waals surface area contributed by atoms with Gasteiger partial charge in [0.05, 0.1) is 12.3 Å². The first kappa shape index (κ1) is 7.24. The molecule has 0 aliphatic rings. The summed E-state index contributed by atoms with van der Waals surface area (Å²) in [6, 6.07) is 0. The third kappa shape index (κ3) is 1.17. The van der Waals surface area contributed by atoms with Crippen LogP contribution in [-0.4, -0.2) is 16.8 Å². The third-order valence-corrected chi connectivity index (χ3v) is 1.37. The molecule has 4 nitrogen and oxygen atoms in total. The SMILES string of the molecule is Cc1oncc1C(O)CN. The number of aryl methyl sites for hydroxylation is 1. The maximum absolute atomic E-state index is 9.17. The summed E-state index contributed by atoms with van der Waals surface area (Å²) in [5, 5.41) is 12.7. The summed E-state index contributed by atoms with van der Waals surface area (Å²) in [5.74, 6) is 0.623. The molecule has 0 aliphatic carbocycles. The number of hydrogen-bond donors (Lipinski definition) is 2. The Hall–Kier alpha value is -0.870. The lowest BCUT2D eigenvalue weighted by Crippen LogP contribution is -2.11. The molecule has 1 atom stereocenters. The highest BCUT2D eigenvalue weighted by Crippen LogP contribution is 2.14. The van der Waals surface area contributed by atoms with Crippen LogP contribution >= 0.6 is 0 Å². The molecular formula is C6H10N2O2. The van der Waals surface area contributed by atoms with E-state index in [-0.39, 0.29) is 6.54 Å². The Morgan fingerprint density at radius 1 is 1.90 bits per heavy atom. The van der Waals surface area contributed by atoms with Crippen molar-refractivity contribution in [3.63, 3.8) is 0 Å². The molecule has 3 N–H and O–H groups in total. The Bertz CT molecular complexity index is 209. The van der Waals surface area contributed by atoms with Crippen molar-refractivity contribution in [1.29, 1.82) is 0 Å². The molecule has 10 heavy (non-hydrogen) atoms. The minimum absolute atomic E-state index is 0.196. The number of aliphatic hydroxyl groups excluding tert-OH is 1. The van der Waals surface area contributed by atoms with Gasteiger partial charge < -0.3 is 15.4 Å². The fourth-order valence-electron chi connectivity index (χ4n) is 0.753. The number of nitrogens with two attached hydrogens (primary N) is 1. The number of aromatic nitrogens is 1. The van der Waals surface area contributed by atoms with Gasteiger partial charge in [-0.3, -0.25) is 0 Å². The largest absolute Gasteiger partial charge is 0.387 e. The molecule has 0 saturated heterocycles. The zero-order valence-corrected chi connectivity index (χ0v) is 5.74. The second-order valence-electron chi connectivity index (χ2n) is 2.09. The topological polar surface area (TPSA) is 72.3 Å². The van der Waals surface area contributed by atoms with Crippen molar-refractivity contribution in [1.82, 2.24) is 5.16 Å². The van der Waals surface area contributed by atoms with Gasteiger partial charge in [-0.2, -0.15) is 0 Å². The summed E-state index contributed by atoms with van der Waals surface area (Å²) in [6.07, 6.45) is 0.832. The lowest BCUT2D eigenvalue weighted by Gasteiger charge is -2.02. The van der Waals surface area contributed by atoms with Gasteiger partial charge in [-0.05, 0) is 6.92 Å². The first-order chi connectivity index (χ1) is 4.75. The van der Waals surface area contributed by atoms with Crippen molar-refractivity contribution in [2.45, 2.75) is 13.0 Å². The first-order valence-corrected chi connectivity index (χ1v) is 3.05. The zero-order valence-electron chi connectivity index (χ0n) is 5.74. The van der Waals surface area contributed by atoms with Gasteiger partial charge in [-0.15, -0.1) is 0 Å². The molecule has 0 saturated carbocycles. The number of rotatable bonds is 2. The van der Waals surface area contributed by atoms with E-state index in [4.69, 9.17) is 10.3 Å². The monoisotopic (exact) mass is 142 g/mol. The predicted molar refractivity (Wildman–Crippen MR) is 35.3 cm³/mol. The van der Waals surface area contributed by atoms with Crippen molar-refractivity contribution in [3.8, 4) is 0 Å². The zero-order chi connectivity index (χ0) is 7.56. The van der Waals surface area contributed by atoms with Gasteiger partial charge in [-0.25, -0.2) is 0 Å². The highest BCUT2D eigenvalue weighted by Gasteiger charge is 2.10. The summed E-state index contributed by atoms with van der Waals surface area (Å²) in [7, 11) is 0. The average Bonchev–Trinajstić information content (AvgIpc) is 2.34. The van der Waals surface area contributed by atoms with Crippen LogP contribution in [0.4, 0.5) is 0 Å². The minimum atomic E-state index is -0.647. The molecule has 1 aromatic heterocycles. The summed E-state index contributed by atoms with van der Waals surface area (Å²) < 4.78 is 4.72. The van der Waals surface area contributed by atoms with E-state index in [9.17, 15) is 5.11 Å². The van der Waals surface area contributed by atoms with Gasteiger partial charge in [0.1, 0.15) is 5.76 Å². The van der Waals surface area contributed by atoms with E-state index in [1.165, 1.54) is 6.20 Å². The van der Waals surface area contributed by atoms with Crippen LogP contribution in [0.2, 0.25) is 0 Å². The van der Waals surface area contributed by atoms with Gasteiger partial charge in [0.2, 0.25) is 0 Å². The molecule has 0 aromatic carbocycles. The molecule has 0 bridgehead atoms. The maximum Gasteiger partial charge on any atom is 0.139 e. The highest BCUT2D eigenvalue weighted by molar-refractivity contribution is 5.14. The normalized spacial score (nSPS) is 13.5. The standard InChI is InChI=1S/C6H10N2O2/c1-4-5(3-8-10-4)6(9)2-7/h3,6,9H,2,7H2,1H3. The van der Waals surface area contributed by atoms with E-state index in [1.807, 2.05) is 0 Å². The molecule has 0 radical (unpaired) electrons. The molecule has 0 fully saturated rings. The van der Waals surface area contributed by atoms with Crippen molar-refractivity contribution in [3.05, 3.63) is 17.5 Å². The van der Waals surface area contributed by atoms with Crippen LogP contribution in [0.25, 0.3) is 0 Å². The van der Waals surface area contributed by atoms with E-state index >= 15 is 0 Å². The smallest absolute Gasteiger partial charge is 0.139 e. The van der Waals surface area contributed by atoms with E-state index in [0.717, 1.165) is 0 Å². The fraction of sp³-hybridized carbons (Fsp3) is 0.500. The highest BCUT2D eigenvalue weighted by atomic mass is 16.5. The van der Waals surface area contributed by atoms with Crippen LogP contribution < -0.4 is 5.73 Å². The molecule has 4 heteroatoms. The van der Waals surface area contributed by atoms with Crippen LogP contribution in [0.3, 0.4) is 0 Å². The van der Waals surface area contributed by atoms with E-state index in [1.54, 1.807) is 6.92 Å². The van der Waals surface area contributed by atoms with Crippen LogP contribution in [0, 0.1) is 6.92 Å². The minimum Gasteiger partial charge on any atom is -0.387 e. The third-order valence-electron chi connectivity index (χ3n) is 1.37. The summed E-state index contributed by atoms with van der Waals surface area (Å²) in [5.41, 5.74) is 5.88. The van der Waals surface area contributed by atoms with Crippen LogP contribution in [-0.2, 0) is 0 Å². The Morgan fingerprint density at radius 2 is 2.60 bits per heavy atom. The molecule has 1 unspecified atom stereocenters. The number of aliphatic hydroxyl groups is 1. The molecule has 1 aromatic rings. The molecular weight excluding hydrogens is 132 g/mol. The Kier molecular flexibility index (Phi) is 2.03. The summed E-state index contributed by atoms with van der Waals surface area (Å²) >= 11 is 0. The molecule has 56 valence electrons. The van der Waals surface area contributed by atoms with E-state index < -0.39 is 6.10 Å². The van der Waals surface area contributed by atoms with E-state index in [2.05, 4.69) is 5.16 Å². The fourth-order valence-corrected chi connectivity index (χ4v) is 0.753. The summed E-state index contributed by atoms with van der Waals surface area (Å²) in [4.78, 5) is 0. The predicted octanol–water partition coefficient (Wildman–Crippen LogP) is -0.0249. The van der Waals surface area contributed by atoms with Crippen molar-refractivity contribution in [2.75, 3.05) is 6.54 Å². The molecule has 0 spiro atoms. The number of nitrogens with zero attached hydrogens (tertiary/aromatic N) is 1. The lowest BCUT2D eigenvalue weighted by atomic mass is 10.1. The van der Waals surface area contributed by atoms with Crippen LogP contribution in [0.15, 0.2) is 10.7 Å². The number of hydrogen-bond acceptors (Lipinski definition) is 4. The van der Waals surface area contributed by atoms with Gasteiger partial charge in [0.15, 0.2) is 0 Å². The van der Waals surface area contributed by atoms with Gasteiger partial charge in [0.25, 0.3) is 0 Å². The maximum atomic E-state index is 9.17. The van der Waals surface area contributed by atoms with Gasteiger partial charge >= 0.3 is 0 Å². The second-order valence-corrected chi connectivity index (χ2v) is 2.09. The summed E-state index contributed by atoms with van der Waals surface area (Å²) in [6.45, 7) is 1.93. The van der Waals surface area contributed by atoms with E-state index in [0.29, 0.717) is 11.3 Å². The lowest BCUT2D eigenvalue weighted by molar-refractivity contribution is 0.184. The molecule has 1 heterocycles. The van der Waals surface area contributed by atoms with Crippen LogP contribution in [0.5, 0.6) is 0 Å². The van der Waals surface area contributed by atoms with Crippen LogP contribution in [0.1, 0.15) is 17.4 Å². The second kappa shape index (κ2) is 2.81. The first-order valence-electron chi connectivity index (χ1n) is 3.05. The Labute approximate surface area is 58.6 Å². The van der Waals surface area contributed by atoms with Gasteiger partial charge in [-0.1, -0.05) is 5.16 Å². The Balaban J connectivity index is 2.82. The Morgan fingerprint density at radius 3 is 3.00 bits per heavy atom. The van der Waals surface area contributed by atoms with Crippen molar-refractivity contribution < 1.29 is 9.63 Å². The average molecular weight is 142 g/mol.